The van der Waals surface area contributed by atoms with Crippen molar-refractivity contribution in [1.82, 2.24) is 0 Å². The molecule has 0 atom stereocenters. The van der Waals surface area contributed by atoms with Crippen molar-refractivity contribution in [3.63, 3.8) is 0 Å². The molecule has 3 rings (SSSR count). The lowest BCUT2D eigenvalue weighted by Crippen LogP contribution is -2.58. The first-order valence-electron chi connectivity index (χ1n) is 9.35. The van der Waals surface area contributed by atoms with Gasteiger partial charge in [0, 0.05) is 0 Å². The second kappa shape index (κ2) is 6.89. The quantitative estimate of drug-likeness (QED) is 0.697. The van der Waals surface area contributed by atoms with Crippen molar-refractivity contribution in [3.05, 3.63) is 59.2 Å². The minimum atomic E-state index is -1.08. The van der Waals surface area contributed by atoms with Crippen molar-refractivity contribution in [2.45, 2.75) is 58.2 Å². The molecule has 0 spiro atoms. The van der Waals surface area contributed by atoms with Gasteiger partial charge >= 0.3 is 0 Å². The maximum absolute atomic E-state index is 13.6. The van der Waals surface area contributed by atoms with Gasteiger partial charge in [0.05, 0.1) is 0 Å². The van der Waals surface area contributed by atoms with Crippen LogP contribution in [-0.2, 0) is 20.7 Å². The van der Waals surface area contributed by atoms with E-state index in [1.54, 1.807) is 39.8 Å². The summed E-state index contributed by atoms with van der Waals surface area (Å²) < 4.78 is 32.6. The van der Waals surface area contributed by atoms with E-state index >= 15 is 0 Å². The van der Waals surface area contributed by atoms with Crippen LogP contribution >= 0.6 is 0 Å². The molecule has 148 valence electrons. The molecular weight excluding hydrogens is 362 g/mol. The molecule has 0 aliphatic carbocycles. The highest BCUT2D eigenvalue weighted by molar-refractivity contribution is 6.15. The van der Waals surface area contributed by atoms with E-state index in [2.05, 4.69) is 0 Å². The second-order valence-corrected chi connectivity index (χ2v) is 8.18. The number of carbonyl (C=O) groups excluding carboxylic acids is 2. The van der Waals surface area contributed by atoms with Gasteiger partial charge in [-0.25, -0.2) is 8.78 Å². The van der Waals surface area contributed by atoms with Crippen LogP contribution in [0.25, 0.3) is 11.1 Å². The molecular formula is C23H24F2O3. The summed E-state index contributed by atoms with van der Waals surface area (Å²) in [5.74, 6) is -3.27. The van der Waals surface area contributed by atoms with E-state index in [0.717, 1.165) is 17.7 Å². The highest BCUT2D eigenvalue weighted by atomic mass is 19.2. The number of aryl methyl sites for hydroxylation is 1. The topological polar surface area (TPSA) is 43.4 Å². The fourth-order valence-corrected chi connectivity index (χ4v) is 3.88. The van der Waals surface area contributed by atoms with E-state index in [0.29, 0.717) is 23.1 Å². The van der Waals surface area contributed by atoms with Gasteiger partial charge in [-0.2, -0.15) is 0 Å². The van der Waals surface area contributed by atoms with Crippen molar-refractivity contribution in [3.8, 4) is 11.1 Å². The third-order valence-corrected chi connectivity index (χ3v) is 5.31. The predicted octanol–water partition coefficient (Wildman–Crippen LogP) is 5.00. The largest absolute Gasteiger partial charge is 0.354 e. The molecule has 3 nitrogen and oxygen atoms in total. The minimum absolute atomic E-state index is 0.271. The van der Waals surface area contributed by atoms with E-state index in [1.165, 1.54) is 6.07 Å². The van der Waals surface area contributed by atoms with Crippen molar-refractivity contribution in [1.29, 1.82) is 0 Å². The van der Waals surface area contributed by atoms with E-state index in [1.807, 2.05) is 13.0 Å². The van der Waals surface area contributed by atoms with Crippen LogP contribution < -0.4 is 0 Å². The Kier molecular flexibility index (Phi) is 5.00. The molecule has 0 radical (unpaired) electrons. The van der Waals surface area contributed by atoms with Gasteiger partial charge < -0.3 is 4.74 Å². The Balaban J connectivity index is 2.10. The molecule has 5 heteroatoms. The Hall–Kier alpha value is -2.40. The molecule has 1 fully saturated rings. The summed E-state index contributed by atoms with van der Waals surface area (Å²) in [6.45, 7) is 8.64. The SMILES string of the molecule is CCc1cc(-c2ccc(F)c(F)c2)ccc1C1C(=O)C(C)(C)OC(C)(C)C1=O. The monoisotopic (exact) mass is 386 g/mol. The molecule has 0 bridgehead atoms. The molecule has 1 saturated heterocycles. The van der Waals surface area contributed by atoms with E-state index in [9.17, 15) is 18.4 Å². The van der Waals surface area contributed by atoms with E-state index in [4.69, 9.17) is 4.74 Å². The maximum Gasteiger partial charge on any atom is 0.179 e. The molecule has 0 amide bonds. The van der Waals surface area contributed by atoms with Crippen LogP contribution in [0.4, 0.5) is 8.78 Å². The number of hydrogen-bond acceptors (Lipinski definition) is 3. The number of carbonyl (C=O) groups is 2. The molecule has 1 aliphatic rings. The zero-order valence-electron chi connectivity index (χ0n) is 16.7. The number of ketones is 2. The zero-order chi connectivity index (χ0) is 20.9. The van der Waals surface area contributed by atoms with Crippen LogP contribution in [0, 0.1) is 11.6 Å². The van der Waals surface area contributed by atoms with E-state index in [-0.39, 0.29) is 11.6 Å². The first-order valence-corrected chi connectivity index (χ1v) is 9.35. The van der Waals surface area contributed by atoms with Crippen LogP contribution in [0.1, 0.15) is 51.7 Å². The normalized spacial score (nSPS) is 19.1. The Bertz CT molecular complexity index is 934. The van der Waals surface area contributed by atoms with Crippen LogP contribution in [0.3, 0.4) is 0 Å². The summed E-state index contributed by atoms with van der Waals surface area (Å²) in [4.78, 5) is 26.0. The zero-order valence-corrected chi connectivity index (χ0v) is 16.7. The number of Topliss-reactive ketones (excluding diaryl/α,β-unsaturated/α-hetero) is 2. The van der Waals surface area contributed by atoms with Crippen LogP contribution in [0.2, 0.25) is 0 Å². The molecule has 0 unspecified atom stereocenters. The lowest BCUT2D eigenvalue weighted by Gasteiger charge is -2.43. The highest BCUT2D eigenvalue weighted by Crippen LogP contribution is 2.40. The fourth-order valence-electron chi connectivity index (χ4n) is 3.88. The second-order valence-electron chi connectivity index (χ2n) is 8.18. The maximum atomic E-state index is 13.6. The Morgan fingerprint density at radius 3 is 1.93 bits per heavy atom. The lowest BCUT2D eigenvalue weighted by atomic mass is 9.73. The van der Waals surface area contributed by atoms with Crippen molar-refractivity contribution in [2.24, 2.45) is 0 Å². The van der Waals surface area contributed by atoms with Crippen molar-refractivity contribution >= 4 is 11.6 Å². The Morgan fingerprint density at radius 1 is 0.857 bits per heavy atom. The minimum Gasteiger partial charge on any atom is -0.354 e. The smallest absolute Gasteiger partial charge is 0.179 e. The average molecular weight is 386 g/mol. The number of rotatable bonds is 3. The summed E-state index contributed by atoms with van der Waals surface area (Å²) in [5.41, 5.74) is 0.545. The molecule has 0 saturated carbocycles. The Labute approximate surface area is 163 Å². The van der Waals surface area contributed by atoms with Crippen LogP contribution in [0.5, 0.6) is 0 Å². The average Bonchev–Trinajstić information content (AvgIpc) is 2.62. The van der Waals surface area contributed by atoms with Gasteiger partial charge in [-0.3, -0.25) is 9.59 Å². The number of halogens is 2. The standard InChI is InChI=1S/C23H24F2O3/c1-6-13-11-14(15-8-10-17(24)18(25)12-15)7-9-16(13)19-20(26)22(2,3)28-23(4,5)21(19)27/h7-12,19H,6H2,1-5H3. The molecule has 1 heterocycles. The van der Waals surface area contributed by atoms with Crippen LogP contribution in [-0.4, -0.2) is 22.8 Å². The van der Waals surface area contributed by atoms with Gasteiger partial charge in [-0.05, 0) is 68.5 Å². The van der Waals surface area contributed by atoms with E-state index < -0.39 is 28.8 Å². The molecule has 0 aromatic heterocycles. The fraction of sp³-hybridized carbons (Fsp3) is 0.391. The molecule has 28 heavy (non-hydrogen) atoms. The number of ether oxygens (including phenoxy) is 1. The molecule has 2 aromatic rings. The summed E-state index contributed by atoms with van der Waals surface area (Å²) in [6, 6.07) is 9.04. The molecule has 0 N–H and O–H groups in total. The first kappa shape index (κ1) is 20.3. The number of hydrogen-bond donors (Lipinski definition) is 0. The number of benzene rings is 2. The highest BCUT2D eigenvalue weighted by Gasteiger charge is 2.53. The third-order valence-electron chi connectivity index (χ3n) is 5.31. The van der Waals surface area contributed by atoms with Gasteiger partial charge in [0.25, 0.3) is 0 Å². The lowest BCUT2D eigenvalue weighted by molar-refractivity contribution is -0.184. The van der Waals surface area contributed by atoms with Crippen molar-refractivity contribution < 1.29 is 23.1 Å². The van der Waals surface area contributed by atoms with Crippen molar-refractivity contribution in [2.75, 3.05) is 0 Å². The van der Waals surface area contributed by atoms with Gasteiger partial charge in [0.15, 0.2) is 23.2 Å². The Morgan fingerprint density at radius 2 is 1.39 bits per heavy atom. The molecule has 2 aromatic carbocycles. The summed E-state index contributed by atoms with van der Waals surface area (Å²) in [7, 11) is 0. The molecule has 1 aliphatic heterocycles. The van der Waals surface area contributed by atoms with Gasteiger partial charge in [-0.1, -0.05) is 31.2 Å². The third kappa shape index (κ3) is 3.39. The van der Waals surface area contributed by atoms with Gasteiger partial charge in [0.1, 0.15) is 17.1 Å². The summed E-state index contributed by atoms with van der Waals surface area (Å²) in [5, 5.41) is 0. The van der Waals surface area contributed by atoms with Gasteiger partial charge in [-0.15, -0.1) is 0 Å². The van der Waals surface area contributed by atoms with Crippen LogP contribution in [0.15, 0.2) is 36.4 Å². The summed E-state index contributed by atoms with van der Waals surface area (Å²) in [6.07, 6.45) is 0.589. The predicted molar refractivity (Wildman–Crippen MR) is 103 cm³/mol. The summed E-state index contributed by atoms with van der Waals surface area (Å²) >= 11 is 0. The van der Waals surface area contributed by atoms with Gasteiger partial charge in [0.2, 0.25) is 0 Å². The first-order chi connectivity index (χ1) is 13.0.